The second kappa shape index (κ2) is 3.62. The minimum absolute atomic E-state index is 0.0987. The van der Waals surface area contributed by atoms with Crippen molar-refractivity contribution in [3.8, 4) is 0 Å². The number of nitrogens with one attached hydrogen (secondary N) is 1. The van der Waals surface area contributed by atoms with Crippen LogP contribution in [0.15, 0.2) is 0 Å². The Morgan fingerprint density at radius 2 is 2.25 bits per heavy atom. The molecule has 1 aliphatic rings. The van der Waals surface area contributed by atoms with Crippen molar-refractivity contribution >= 4 is 17.6 Å². The third-order valence-corrected chi connectivity index (χ3v) is 3.01. The van der Waals surface area contributed by atoms with Crippen LogP contribution in [0.2, 0.25) is 0 Å². The van der Waals surface area contributed by atoms with Crippen molar-refractivity contribution in [3.63, 3.8) is 0 Å². The van der Waals surface area contributed by atoms with E-state index in [9.17, 15) is 9.59 Å². The van der Waals surface area contributed by atoms with Gasteiger partial charge in [0.2, 0.25) is 11.8 Å². The van der Waals surface area contributed by atoms with Gasteiger partial charge in [-0.25, -0.2) is 0 Å². The van der Waals surface area contributed by atoms with E-state index in [2.05, 4.69) is 10.2 Å². The van der Waals surface area contributed by atoms with Crippen LogP contribution in [0.3, 0.4) is 0 Å². The van der Waals surface area contributed by atoms with Crippen LogP contribution in [0.4, 0.5) is 5.82 Å². The lowest BCUT2D eigenvalue weighted by Gasteiger charge is -2.13. The largest absolute Gasteiger partial charge is 0.369 e. The average Bonchev–Trinajstić information content (AvgIpc) is 2.73. The second-order valence-corrected chi connectivity index (χ2v) is 4.10. The van der Waals surface area contributed by atoms with Gasteiger partial charge >= 0.3 is 0 Å². The predicted octanol–water partition coefficient (Wildman–Crippen LogP) is -0.135. The summed E-state index contributed by atoms with van der Waals surface area (Å²) >= 11 is 0. The van der Waals surface area contributed by atoms with Crippen LogP contribution in [-0.4, -0.2) is 28.6 Å². The number of H-pyrrole nitrogens is 1. The maximum atomic E-state index is 11.7. The second-order valence-electron chi connectivity index (χ2n) is 4.10. The molecule has 6 heteroatoms. The molecule has 3 N–H and O–H groups in total. The summed E-state index contributed by atoms with van der Waals surface area (Å²) in [5.74, 6) is -0.325. The highest BCUT2D eigenvalue weighted by Crippen LogP contribution is 2.26. The highest BCUT2D eigenvalue weighted by atomic mass is 16.2. The van der Waals surface area contributed by atoms with Gasteiger partial charge < -0.3 is 5.73 Å². The highest BCUT2D eigenvalue weighted by Gasteiger charge is 2.35. The normalized spacial score (nSPS) is 20.5. The van der Waals surface area contributed by atoms with Crippen molar-refractivity contribution in [1.82, 2.24) is 10.2 Å². The van der Waals surface area contributed by atoms with E-state index in [0.717, 1.165) is 11.3 Å². The van der Waals surface area contributed by atoms with E-state index in [1.165, 1.54) is 4.90 Å². The standard InChI is InChI=1S/C10H14N4O2/c1-5-6(2)12-13-10(5)14-4-7(9(11)16)3-8(14)15/h7H,3-4H2,1-2H3,(H2,11,16)(H,12,13). The summed E-state index contributed by atoms with van der Waals surface area (Å²) in [5.41, 5.74) is 7.05. The number of nitrogens with zero attached hydrogens (tertiary/aromatic N) is 2. The first-order valence-corrected chi connectivity index (χ1v) is 5.12. The number of rotatable bonds is 2. The SMILES string of the molecule is Cc1[nH]nc(N2CC(C(N)=O)CC2=O)c1C. The fourth-order valence-electron chi connectivity index (χ4n) is 1.84. The van der Waals surface area contributed by atoms with Crippen molar-refractivity contribution < 1.29 is 9.59 Å². The lowest BCUT2D eigenvalue weighted by Crippen LogP contribution is -2.29. The van der Waals surface area contributed by atoms with Crippen LogP contribution >= 0.6 is 0 Å². The van der Waals surface area contributed by atoms with Gasteiger partial charge in [0, 0.05) is 24.2 Å². The zero-order valence-corrected chi connectivity index (χ0v) is 9.28. The van der Waals surface area contributed by atoms with Crippen molar-refractivity contribution in [3.05, 3.63) is 11.3 Å². The van der Waals surface area contributed by atoms with Gasteiger partial charge in [-0.3, -0.25) is 19.6 Å². The maximum absolute atomic E-state index is 11.7. The van der Waals surface area contributed by atoms with Gasteiger partial charge in [0.05, 0.1) is 5.92 Å². The number of carbonyl (C=O) groups is 2. The number of aromatic nitrogens is 2. The molecule has 1 aromatic heterocycles. The number of nitrogens with two attached hydrogens (primary N) is 1. The first kappa shape index (κ1) is 10.7. The van der Waals surface area contributed by atoms with Gasteiger partial charge in [0.15, 0.2) is 5.82 Å². The zero-order valence-electron chi connectivity index (χ0n) is 9.28. The Labute approximate surface area is 92.8 Å². The number of anilines is 1. The van der Waals surface area contributed by atoms with Gasteiger partial charge in [0.25, 0.3) is 0 Å². The Morgan fingerprint density at radius 3 is 2.69 bits per heavy atom. The van der Waals surface area contributed by atoms with Crippen molar-refractivity contribution in [2.24, 2.45) is 11.7 Å². The summed E-state index contributed by atoms with van der Waals surface area (Å²) in [5, 5.41) is 6.89. The van der Waals surface area contributed by atoms with Crippen LogP contribution in [0, 0.1) is 19.8 Å². The number of aryl methyl sites for hydroxylation is 1. The van der Waals surface area contributed by atoms with Crippen LogP contribution in [-0.2, 0) is 9.59 Å². The molecule has 0 spiro atoms. The van der Waals surface area contributed by atoms with E-state index >= 15 is 0 Å². The summed E-state index contributed by atoms with van der Waals surface area (Å²) in [6, 6.07) is 0. The van der Waals surface area contributed by atoms with Gasteiger partial charge in [-0.2, -0.15) is 5.10 Å². The lowest BCUT2D eigenvalue weighted by molar-refractivity contribution is -0.123. The van der Waals surface area contributed by atoms with Crippen LogP contribution < -0.4 is 10.6 Å². The molecule has 2 rings (SSSR count). The molecular weight excluding hydrogens is 208 g/mol. The Balaban J connectivity index is 2.26. The fraction of sp³-hybridized carbons (Fsp3) is 0.500. The number of amides is 2. The molecule has 6 nitrogen and oxygen atoms in total. The van der Waals surface area contributed by atoms with E-state index in [1.807, 2.05) is 13.8 Å². The zero-order chi connectivity index (χ0) is 11.9. The minimum atomic E-state index is -0.430. The molecule has 2 heterocycles. The molecule has 0 radical (unpaired) electrons. The number of aromatic amines is 1. The monoisotopic (exact) mass is 222 g/mol. The predicted molar refractivity (Wildman–Crippen MR) is 57.7 cm³/mol. The Morgan fingerprint density at radius 1 is 1.56 bits per heavy atom. The molecule has 86 valence electrons. The summed E-state index contributed by atoms with van der Waals surface area (Å²) in [4.78, 5) is 24.3. The van der Waals surface area contributed by atoms with Gasteiger partial charge in [-0.1, -0.05) is 0 Å². The van der Waals surface area contributed by atoms with Crippen LogP contribution in [0.25, 0.3) is 0 Å². The Hall–Kier alpha value is -1.85. The molecule has 2 amide bonds. The summed E-state index contributed by atoms with van der Waals surface area (Å²) < 4.78 is 0. The molecule has 1 atom stereocenters. The third-order valence-electron chi connectivity index (χ3n) is 3.01. The van der Waals surface area contributed by atoms with Crippen molar-refractivity contribution in [2.75, 3.05) is 11.4 Å². The van der Waals surface area contributed by atoms with E-state index in [0.29, 0.717) is 12.4 Å². The molecule has 0 bridgehead atoms. The van der Waals surface area contributed by atoms with Crippen LogP contribution in [0.1, 0.15) is 17.7 Å². The lowest BCUT2D eigenvalue weighted by atomic mass is 10.1. The third kappa shape index (κ3) is 1.56. The van der Waals surface area contributed by atoms with Crippen molar-refractivity contribution in [2.45, 2.75) is 20.3 Å². The average molecular weight is 222 g/mol. The molecule has 1 saturated heterocycles. The first-order valence-electron chi connectivity index (χ1n) is 5.12. The van der Waals surface area contributed by atoms with Crippen molar-refractivity contribution in [1.29, 1.82) is 0 Å². The van der Waals surface area contributed by atoms with E-state index < -0.39 is 11.8 Å². The fourth-order valence-corrected chi connectivity index (χ4v) is 1.84. The minimum Gasteiger partial charge on any atom is -0.369 e. The Kier molecular flexibility index (Phi) is 2.41. The molecule has 0 saturated carbocycles. The Bertz CT molecular complexity index is 452. The molecular formula is C10H14N4O2. The number of hydrogen-bond donors (Lipinski definition) is 2. The molecule has 1 unspecified atom stereocenters. The van der Waals surface area contributed by atoms with E-state index in [1.54, 1.807) is 0 Å². The van der Waals surface area contributed by atoms with E-state index in [4.69, 9.17) is 5.73 Å². The maximum Gasteiger partial charge on any atom is 0.229 e. The topological polar surface area (TPSA) is 92.1 Å². The summed E-state index contributed by atoms with van der Waals surface area (Å²) in [6.45, 7) is 4.11. The quantitative estimate of drug-likeness (QED) is 0.729. The molecule has 0 aromatic carbocycles. The van der Waals surface area contributed by atoms with Gasteiger partial charge in [0.1, 0.15) is 0 Å². The molecule has 1 aromatic rings. The smallest absolute Gasteiger partial charge is 0.229 e. The van der Waals surface area contributed by atoms with Gasteiger partial charge in [-0.15, -0.1) is 0 Å². The number of primary amides is 1. The first-order chi connectivity index (χ1) is 7.50. The number of carbonyl (C=O) groups excluding carboxylic acids is 2. The number of hydrogen-bond acceptors (Lipinski definition) is 3. The van der Waals surface area contributed by atoms with Gasteiger partial charge in [-0.05, 0) is 13.8 Å². The summed E-state index contributed by atoms with van der Waals surface area (Å²) in [6.07, 6.45) is 0.181. The van der Waals surface area contributed by atoms with E-state index in [-0.39, 0.29) is 12.3 Å². The molecule has 1 aliphatic heterocycles. The molecule has 0 aliphatic carbocycles. The molecule has 1 fully saturated rings. The summed E-state index contributed by atoms with van der Waals surface area (Å²) in [7, 11) is 0. The highest BCUT2D eigenvalue weighted by molar-refractivity contribution is 5.99. The van der Waals surface area contributed by atoms with Crippen LogP contribution in [0.5, 0.6) is 0 Å². The molecule has 16 heavy (non-hydrogen) atoms.